The first-order chi connectivity index (χ1) is 16.0. The van der Waals surface area contributed by atoms with Gasteiger partial charge in [0.05, 0.1) is 17.6 Å². The van der Waals surface area contributed by atoms with Crippen LogP contribution in [0, 0.1) is 38.9 Å². The van der Waals surface area contributed by atoms with Crippen LogP contribution in [0.25, 0.3) is 0 Å². The minimum atomic E-state index is -1.28. The van der Waals surface area contributed by atoms with Crippen molar-refractivity contribution < 1.29 is 24.9 Å². The number of hydrogen-bond acceptors (Lipinski definition) is 5. The average Bonchev–Trinajstić information content (AvgIpc) is 2.75. The molecule has 2 aliphatic heterocycles. The quantitative estimate of drug-likeness (QED) is 0.334. The zero-order valence-electron chi connectivity index (χ0n) is 22.8. The topological polar surface area (TPSA) is 87.0 Å². The van der Waals surface area contributed by atoms with Crippen LogP contribution in [-0.2, 0) is 9.53 Å². The van der Waals surface area contributed by atoms with Gasteiger partial charge in [0.2, 0.25) is 0 Å². The molecule has 6 fully saturated rings. The Hall–Kier alpha value is -0.910. The minimum Gasteiger partial charge on any atom is -0.455 e. The van der Waals surface area contributed by atoms with Crippen LogP contribution >= 0.6 is 0 Å². The van der Waals surface area contributed by atoms with Crippen molar-refractivity contribution >= 4 is 5.97 Å². The van der Waals surface area contributed by atoms with Crippen molar-refractivity contribution in [2.45, 2.75) is 130 Å². The number of aliphatic hydroxyl groups excluding tert-OH is 2. The summed E-state index contributed by atoms with van der Waals surface area (Å²) in [4.78, 5) is 13.4. The Labute approximate surface area is 210 Å². The van der Waals surface area contributed by atoms with Gasteiger partial charge in [0.25, 0.3) is 0 Å². The molecule has 2 bridgehead atoms. The largest absolute Gasteiger partial charge is 0.455 e. The summed E-state index contributed by atoms with van der Waals surface area (Å²) in [7, 11) is 0. The molecule has 1 spiro atoms. The molecular formula is C30H46O5. The van der Waals surface area contributed by atoms with Gasteiger partial charge < -0.3 is 20.1 Å². The summed E-state index contributed by atoms with van der Waals surface area (Å²) in [5.74, 6) is 0.548. The van der Waals surface area contributed by atoms with E-state index in [4.69, 9.17) is 4.74 Å². The lowest BCUT2D eigenvalue weighted by molar-refractivity contribution is -0.245. The summed E-state index contributed by atoms with van der Waals surface area (Å²) in [5.41, 5.74) is -1.67. The number of carbonyl (C=O) groups is 1. The molecule has 196 valence electrons. The molecule has 2 heterocycles. The lowest BCUT2D eigenvalue weighted by Gasteiger charge is -2.72. The zero-order valence-corrected chi connectivity index (χ0v) is 22.8. The zero-order chi connectivity index (χ0) is 25.6. The summed E-state index contributed by atoms with van der Waals surface area (Å²) in [6.07, 6.45) is 6.53. The Morgan fingerprint density at radius 1 is 0.829 bits per heavy atom. The smallest absolute Gasteiger partial charge is 0.317 e. The van der Waals surface area contributed by atoms with E-state index in [1.54, 1.807) is 0 Å². The van der Waals surface area contributed by atoms with Gasteiger partial charge in [-0.15, -0.1) is 0 Å². The molecule has 35 heavy (non-hydrogen) atoms. The average molecular weight is 487 g/mol. The molecule has 4 saturated carbocycles. The van der Waals surface area contributed by atoms with E-state index in [-0.39, 0.29) is 33.7 Å². The molecule has 7 aliphatic rings. The van der Waals surface area contributed by atoms with Gasteiger partial charge in [-0.1, -0.05) is 34.6 Å². The van der Waals surface area contributed by atoms with Gasteiger partial charge in [-0.05, 0) is 116 Å². The van der Waals surface area contributed by atoms with Crippen molar-refractivity contribution in [2.75, 3.05) is 0 Å². The van der Waals surface area contributed by atoms with Crippen LogP contribution in [0.4, 0.5) is 0 Å². The molecule has 5 heteroatoms. The first kappa shape index (κ1) is 24.4. The minimum absolute atomic E-state index is 0.0443. The van der Waals surface area contributed by atoms with E-state index in [9.17, 15) is 20.1 Å². The van der Waals surface area contributed by atoms with Gasteiger partial charge >= 0.3 is 5.97 Å². The Morgan fingerprint density at radius 2 is 1.49 bits per heavy atom. The van der Waals surface area contributed by atoms with Gasteiger partial charge in [-0.25, -0.2) is 0 Å². The maximum Gasteiger partial charge on any atom is 0.317 e. The molecule has 0 radical (unpaired) electrons. The number of rotatable bonds is 0. The number of carbonyl (C=O) groups excluding carboxylic acids is 1. The van der Waals surface area contributed by atoms with Crippen LogP contribution in [-0.4, -0.2) is 44.7 Å². The van der Waals surface area contributed by atoms with Gasteiger partial charge in [0.15, 0.2) is 0 Å². The number of aliphatic hydroxyl groups is 3. The fraction of sp³-hybridized carbons (Fsp3) is 0.900. The number of fused-ring (bicyclic) bond motifs is 7. The van der Waals surface area contributed by atoms with Crippen molar-refractivity contribution in [2.24, 2.45) is 38.9 Å². The molecule has 3 N–H and O–H groups in total. The van der Waals surface area contributed by atoms with Gasteiger partial charge in [0, 0.05) is 0 Å². The van der Waals surface area contributed by atoms with Crippen molar-refractivity contribution in [3.8, 4) is 0 Å². The van der Waals surface area contributed by atoms with Crippen LogP contribution in [0.3, 0.4) is 0 Å². The summed E-state index contributed by atoms with van der Waals surface area (Å²) in [5, 5.41) is 35.0. The van der Waals surface area contributed by atoms with Crippen molar-refractivity contribution in [1.29, 1.82) is 0 Å². The van der Waals surface area contributed by atoms with Crippen LogP contribution in [0.2, 0.25) is 0 Å². The fourth-order valence-corrected chi connectivity index (χ4v) is 11.2. The number of esters is 1. The maximum absolute atomic E-state index is 13.4. The van der Waals surface area contributed by atoms with Crippen molar-refractivity contribution in [1.82, 2.24) is 0 Å². The van der Waals surface area contributed by atoms with E-state index >= 15 is 0 Å². The lowest BCUT2D eigenvalue weighted by Crippen LogP contribution is -2.72. The van der Waals surface area contributed by atoms with Gasteiger partial charge in [-0.3, -0.25) is 4.79 Å². The highest BCUT2D eigenvalue weighted by atomic mass is 16.6. The Kier molecular flexibility index (Phi) is 4.58. The molecule has 0 amide bonds. The molecule has 0 aromatic heterocycles. The number of ether oxygens (including phenoxy) is 1. The molecular weight excluding hydrogens is 440 g/mol. The summed E-state index contributed by atoms with van der Waals surface area (Å²) in [6, 6.07) is 0. The SMILES string of the molecule is CC1(C)[C@@H](O)CC[C@]2(C)[C@H]3C[C@H](O)C4=C5C6(CC[C@](C)(OC6=O)[C@@]5(C)O)CC[C@@]4(C)[C@]3(C)CC[C@@H]12. The third kappa shape index (κ3) is 2.46. The molecule has 2 saturated heterocycles. The normalized spacial score (nSPS) is 58.6. The Morgan fingerprint density at radius 3 is 2.14 bits per heavy atom. The van der Waals surface area contributed by atoms with Gasteiger partial charge in [0.1, 0.15) is 11.2 Å². The molecule has 5 nitrogen and oxygen atoms in total. The first-order valence-electron chi connectivity index (χ1n) is 14.1. The number of hydrogen-bond donors (Lipinski definition) is 3. The van der Waals surface area contributed by atoms with E-state index < -0.39 is 22.7 Å². The highest BCUT2D eigenvalue weighted by Gasteiger charge is 2.75. The third-order valence-electron chi connectivity index (χ3n) is 13.7. The highest BCUT2D eigenvalue weighted by molar-refractivity contribution is 5.86. The van der Waals surface area contributed by atoms with Crippen molar-refractivity contribution in [3.63, 3.8) is 0 Å². The molecule has 0 aromatic rings. The second kappa shape index (κ2) is 6.56. The maximum atomic E-state index is 13.4. The van der Waals surface area contributed by atoms with E-state index in [2.05, 4.69) is 34.6 Å². The summed E-state index contributed by atoms with van der Waals surface area (Å²) >= 11 is 0. The second-order valence-corrected chi connectivity index (χ2v) is 15.1. The van der Waals surface area contributed by atoms with E-state index in [1.807, 2.05) is 13.8 Å². The predicted molar refractivity (Wildman–Crippen MR) is 133 cm³/mol. The van der Waals surface area contributed by atoms with E-state index in [0.717, 1.165) is 43.3 Å². The van der Waals surface area contributed by atoms with Crippen LogP contribution in [0.5, 0.6) is 0 Å². The lowest BCUT2D eigenvalue weighted by atomic mass is 9.33. The van der Waals surface area contributed by atoms with Crippen LogP contribution in [0.15, 0.2) is 11.1 Å². The fourth-order valence-electron chi connectivity index (χ4n) is 11.2. The highest BCUT2D eigenvalue weighted by Crippen LogP contribution is 2.76. The monoisotopic (exact) mass is 486 g/mol. The Balaban J connectivity index is 1.54. The van der Waals surface area contributed by atoms with Crippen LogP contribution in [0.1, 0.15) is 106 Å². The molecule has 0 aromatic carbocycles. The predicted octanol–water partition coefficient (Wildman–Crippen LogP) is 4.91. The third-order valence-corrected chi connectivity index (χ3v) is 13.7. The van der Waals surface area contributed by atoms with E-state index in [1.165, 1.54) is 0 Å². The van der Waals surface area contributed by atoms with Gasteiger partial charge in [-0.2, -0.15) is 0 Å². The molecule has 7 rings (SSSR count). The summed E-state index contributed by atoms with van der Waals surface area (Å²) in [6.45, 7) is 15.4. The molecule has 5 aliphatic carbocycles. The van der Waals surface area contributed by atoms with Crippen molar-refractivity contribution in [3.05, 3.63) is 11.1 Å². The molecule has 1 unspecified atom stereocenters. The standard InChI is InChI=1S/C30H46O5/c1-24(2)18-8-11-26(4)19(25(18,3)10-9-20(24)32)16-17(31)21-22-29(7,34)28(6)13-15-30(22,23(33)35-28)14-12-27(21,26)5/h17-20,31-32,34H,8-16H2,1-7H3/t17-,18-,19+,20-,25-,26+,27+,28-,29-,30?/m0/s1. The molecule has 10 atom stereocenters. The van der Waals surface area contributed by atoms with E-state index in [0.29, 0.717) is 37.5 Å². The second-order valence-electron chi connectivity index (χ2n) is 15.1. The first-order valence-corrected chi connectivity index (χ1v) is 14.1. The Bertz CT molecular complexity index is 1030. The summed E-state index contributed by atoms with van der Waals surface area (Å²) < 4.78 is 5.92. The van der Waals surface area contributed by atoms with Crippen LogP contribution < -0.4 is 0 Å².